The van der Waals surface area contributed by atoms with Crippen molar-refractivity contribution in [2.24, 2.45) is 0 Å². The molecule has 0 amide bonds. The molecular weight excluding hydrogens is 200 g/mol. The summed E-state index contributed by atoms with van der Waals surface area (Å²) in [4.78, 5) is 0. The van der Waals surface area contributed by atoms with Crippen LogP contribution in [0.2, 0.25) is 0 Å². The summed E-state index contributed by atoms with van der Waals surface area (Å²) in [5, 5.41) is 0. The minimum Gasteiger partial charge on any atom is -0.496 e. The maximum atomic E-state index is 5.40. The van der Waals surface area contributed by atoms with E-state index in [0.29, 0.717) is 12.4 Å². The summed E-state index contributed by atoms with van der Waals surface area (Å²) in [6.45, 7) is 0.569. The Balaban J connectivity index is 2.81. The third-order valence-corrected chi connectivity index (χ3v) is 1.87. The van der Waals surface area contributed by atoms with Gasteiger partial charge in [-0.1, -0.05) is 0 Å². The fourth-order valence-corrected chi connectivity index (χ4v) is 1.12. The van der Waals surface area contributed by atoms with E-state index in [0.717, 1.165) is 17.2 Å². The van der Waals surface area contributed by atoms with Crippen LogP contribution in [-0.2, 0) is 0 Å². The minimum absolute atomic E-state index is 0.569. The van der Waals surface area contributed by atoms with Crippen molar-refractivity contribution < 1.29 is 14.2 Å². The predicted octanol–water partition coefficient (Wildman–Crippen LogP) is 2.01. The first-order valence-electron chi connectivity index (χ1n) is 4.27. The summed E-state index contributed by atoms with van der Waals surface area (Å²) >= 11 is 4.06. The average Bonchev–Trinajstić information content (AvgIpc) is 2.25. The first-order chi connectivity index (χ1) is 6.80. The lowest BCUT2D eigenvalue weighted by Gasteiger charge is -2.09. The number of hydrogen-bond donors (Lipinski definition) is 1. The summed E-state index contributed by atoms with van der Waals surface area (Å²) in [5.41, 5.74) is 0. The SMILES string of the molecule is COc1cc(OC)cc(OCCS)c1. The lowest BCUT2D eigenvalue weighted by atomic mass is 10.3. The molecule has 0 bridgehead atoms. The van der Waals surface area contributed by atoms with Crippen molar-refractivity contribution in [2.75, 3.05) is 26.6 Å². The Morgan fingerprint density at radius 3 is 1.93 bits per heavy atom. The van der Waals surface area contributed by atoms with E-state index in [1.54, 1.807) is 20.3 Å². The topological polar surface area (TPSA) is 27.7 Å². The minimum atomic E-state index is 0.569. The van der Waals surface area contributed by atoms with Crippen LogP contribution in [0, 0.1) is 0 Å². The van der Waals surface area contributed by atoms with Crippen LogP contribution in [0.4, 0.5) is 0 Å². The third kappa shape index (κ3) is 3.03. The van der Waals surface area contributed by atoms with Crippen molar-refractivity contribution in [3.05, 3.63) is 18.2 Å². The Kier molecular flexibility index (Phi) is 4.46. The lowest BCUT2D eigenvalue weighted by molar-refractivity contribution is 0.334. The fraction of sp³-hybridized carbons (Fsp3) is 0.400. The van der Waals surface area contributed by atoms with Crippen LogP contribution >= 0.6 is 12.6 Å². The molecule has 0 aliphatic rings. The monoisotopic (exact) mass is 214 g/mol. The predicted molar refractivity (Wildman–Crippen MR) is 58.9 cm³/mol. The van der Waals surface area contributed by atoms with Gasteiger partial charge >= 0.3 is 0 Å². The number of ether oxygens (including phenoxy) is 3. The summed E-state index contributed by atoms with van der Waals surface area (Å²) < 4.78 is 15.6. The highest BCUT2D eigenvalue weighted by Gasteiger charge is 2.01. The molecule has 0 aliphatic carbocycles. The van der Waals surface area contributed by atoms with E-state index in [-0.39, 0.29) is 0 Å². The Hall–Kier alpha value is -1.03. The zero-order valence-corrected chi connectivity index (χ0v) is 9.21. The summed E-state index contributed by atoms with van der Waals surface area (Å²) in [5.74, 6) is 2.85. The van der Waals surface area contributed by atoms with Gasteiger partial charge in [-0.25, -0.2) is 0 Å². The Morgan fingerprint density at radius 2 is 1.50 bits per heavy atom. The normalized spacial score (nSPS) is 9.64. The second kappa shape index (κ2) is 5.65. The third-order valence-electron chi connectivity index (χ3n) is 1.68. The van der Waals surface area contributed by atoms with Crippen LogP contribution < -0.4 is 14.2 Å². The number of benzene rings is 1. The van der Waals surface area contributed by atoms with Gasteiger partial charge in [0, 0.05) is 24.0 Å². The van der Waals surface area contributed by atoms with Gasteiger partial charge in [-0.2, -0.15) is 12.6 Å². The second-order valence-corrected chi connectivity index (χ2v) is 3.07. The molecule has 0 saturated heterocycles. The van der Waals surface area contributed by atoms with E-state index in [9.17, 15) is 0 Å². The van der Waals surface area contributed by atoms with Crippen LogP contribution in [0.1, 0.15) is 0 Å². The van der Waals surface area contributed by atoms with Gasteiger partial charge in [0.15, 0.2) is 0 Å². The smallest absolute Gasteiger partial charge is 0.126 e. The highest BCUT2D eigenvalue weighted by atomic mass is 32.1. The molecule has 0 heterocycles. The van der Waals surface area contributed by atoms with E-state index in [1.165, 1.54) is 0 Å². The van der Waals surface area contributed by atoms with Gasteiger partial charge in [-0.3, -0.25) is 0 Å². The van der Waals surface area contributed by atoms with Crippen LogP contribution in [0.5, 0.6) is 17.2 Å². The quantitative estimate of drug-likeness (QED) is 0.760. The summed E-state index contributed by atoms with van der Waals surface area (Å²) in [7, 11) is 3.22. The number of rotatable bonds is 5. The molecule has 0 N–H and O–H groups in total. The van der Waals surface area contributed by atoms with Gasteiger partial charge in [0.2, 0.25) is 0 Å². The molecule has 14 heavy (non-hydrogen) atoms. The van der Waals surface area contributed by atoms with Crippen LogP contribution in [-0.4, -0.2) is 26.6 Å². The largest absolute Gasteiger partial charge is 0.496 e. The molecule has 1 aromatic rings. The summed E-state index contributed by atoms with van der Waals surface area (Å²) in [6.07, 6.45) is 0. The van der Waals surface area contributed by atoms with E-state index in [1.807, 2.05) is 12.1 Å². The summed E-state index contributed by atoms with van der Waals surface area (Å²) in [6, 6.07) is 5.42. The van der Waals surface area contributed by atoms with Gasteiger partial charge in [0.05, 0.1) is 20.8 Å². The molecule has 0 spiro atoms. The first kappa shape index (κ1) is 11.0. The van der Waals surface area contributed by atoms with Crippen LogP contribution in [0.3, 0.4) is 0 Å². The molecule has 0 radical (unpaired) electrons. The maximum absolute atomic E-state index is 5.40. The van der Waals surface area contributed by atoms with Crippen molar-refractivity contribution in [1.82, 2.24) is 0 Å². The van der Waals surface area contributed by atoms with E-state index in [4.69, 9.17) is 14.2 Å². The molecule has 0 saturated carbocycles. The van der Waals surface area contributed by atoms with E-state index in [2.05, 4.69) is 12.6 Å². The maximum Gasteiger partial charge on any atom is 0.126 e. The average molecular weight is 214 g/mol. The first-order valence-corrected chi connectivity index (χ1v) is 4.90. The van der Waals surface area contributed by atoms with Gasteiger partial charge in [-0.05, 0) is 0 Å². The van der Waals surface area contributed by atoms with E-state index >= 15 is 0 Å². The van der Waals surface area contributed by atoms with Crippen LogP contribution in [0.15, 0.2) is 18.2 Å². The molecule has 1 rings (SSSR count). The molecule has 0 aliphatic heterocycles. The zero-order valence-electron chi connectivity index (χ0n) is 8.32. The van der Waals surface area contributed by atoms with Crippen molar-refractivity contribution in [3.63, 3.8) is 0 Å². The number of methoxy groups -OCH3 is 2. The molecule has 0 unspecified atom stereocenters. The van der Waals surface area contributed by atoms with Gasteiger partial charge in [-0.15, -0.1) is 0 Å². The van der Waals surface area contributed by atoms with Crippen molar-refractivity contribution in [3.8, 4) is 17.2 Å². The standard InChI is InChI=1S/C10H14O3S/c1-11-8-5-9(12-2)7-10(6-8)13-3-4-14/h5-7,14H,3-4H2,1-2H3. The van der Waals surface area contributed by atoms with Gasteiger partial charge < -0.3 is 14.2 Å². The molecule has 0 atom stereocenters. The van der Waals surface area contributed by atoms with Crippen LogP contribution in [0.25, 0.3) is 0 Å². The van der Waals surface area contributed by atoms with Gasteiger partial charge in [0.25, 0.3) is 0 Å². The van der Waals surface area contributed by atoms with Crippen molar-refractivity contribution in [1.29, 1.82) is 0 Å². The number of hydrogen-bond acceptors (Lipinski definition) is 4. The molecule has 3 nitrogen and oxygen atoms in total. The molecule has 4 heteroatoms. The molecule has 0 aromatic heterocycles. The highest BCUT2D eigenvalue weighted by molar-refractivity contribution is 7.80. The molecule has 78 valence electrons. The Bertz CT molecular complexity index is 266. The van der Waals surface area contributed by atoms with Gasteiger partial charge in [0.1, 0.15) is 17.2 Å². The van der Waals surface area contributed by atoms with Crippen molar-refractivity contribution >= 4 is 12.6 Å². The second-order valence-electron chi connectivity index (χ2n) is 2.62. The fourth-order valence-electron chi connectivity index (χ4n) is 1.03. The van der Waals surface area contributed by atoms with E-state index < -0.39 is 0 Å². The molecule has 0 fully saturated rings. The molecule has 1 aromatic carbocycles. The molecular formula is C10H14O3S. The Labute approximate surface area is 89.4 Å². The van der Waals surface area contributed by atoms with Crippen molar-refractivity contribution in [2.45, 2.75) is 0 Å². The number of thiol groups is 1. The zero-order chi connectivity index (χ0) is 10.4. The highest BCUT2D eigenvalue weighted by Crippen LogP contribution is 2.27. The lowest BCUT2D eigenvalue weighted by Crippen LogP contribution is -1.98. The Morgan fingerprint density at radius 1 is 1.00 bits per heavy atom.